The summed E-state index contributed by atoms with van der Waals surface area (Å²) in [6, 6.07) is 25.8. The van der Waals surface area contributed by atoms with Crippen molar-refractivity contribution in [2.75, 3.05) is 68.1 Å². The molecule has 5 aromatic rings. The maximum atomic E-state index is 14.1. The van der Waals surface area contributed by atoms with Gasteiger partial charge in [-0.2, -0.15) is 15.2 Å². The summed E-state index contributed by atoms with van der Waals surface area (Å²) in [6.45, 7) is 10.1. The molecule has 1 aromatic heterocycles. The number of fused-ring (bicyclic) bond motifs is 2. The summed E-state index contributed by atoms with van der Waals surface area (Å²) in [6.07, 6.45) is 3.94. The van der Waals surface area contributed by atoms with Crippen molar-refractivity contribution in [3.8, 4) is 17.8 Å². The van der Waals surface area contributed by atoms with Gasteiger partial charge in [-0.3, -0.25) is 24.5 Å². The minimum absolute atomic E-state index is 0.0980. The zero-order chi connectivity index (χ0) is 51.9. The van der Waals surface area contributed by atoms with Gasteiger partial charge in [0.2, 0.25) is 18.2 Å². The number of piperidine rings is 1. The van der Waals surface area contributed by atoms with Gasteiger partial charge in [0.15, 0.2) is 0 Å². The number of urea groups is 1. The Kier molecular flexibility index (Phi) is 15.9. The number of carbonyl (C=O) groups is 5. The van der Waals surface area contributed by atoms with Crippen LogP contribution in [0.25, 0.3) is 10.8 Å². The molecule has 9 rings (SSSR count). The molecule has 6 amide bonds. The first-order valence-electron chi connectivity index (χ1n) is 25.0. The fourth-order valence-corrected chi connectivity index (χ4v) is 10.6. The number of carbonyl (C=O) groups excluding carboxylic acids is 5. The molecule has 3 saturated heterocycles. The number of imide groups is 1. The van der Waals surface area contributed by atoms with Crippen LogP contribution >= 0.6 is 11.6 Å². The molecule has 4 aliphatic rings. The van der Waals surface area contributed by atoms with Crippen LogP contribution in [0, 0.1) is 18.3 Å². The van der Waals surface area contributed by atoms with Crippen molar-refractivity contribution in [3.05, 3.63) is 124 Å². The van der Waals surface area contributed by atoms with Gasteiger partial charge in [-0.25, -0.2) is 4.79 Å². The molecule has 3 atom stereocenters. The molecule has 3 N–H and O–H groups in total. The van der Waals surface area contributed by atoms with E-state index in [1.807, 2.05) is 43.3 Å². The lowest BCUT2D eigenvalue weighted by Gasteiger charge is -2.42. The zero-order valence-corrected chi connectivity index (χ0v) is 42.4. The van der Waals surface area contributed by atoms with Gasteiger partial charge in [0.05, 0.1) is 35.8 Å². The molecule has 0 aliphatic carbocycles. The molecule has 74 heavy (non-hydrogen) atoms. The Hall–Kier alpha value is -7.75. The second kappa shape index (κ2) is 23.0. The number of ether oxygens (including phenoxy) is 2. The average Bonchev–Trinajstić information content (AvgIpc) is 3.82. The minimum Gasteiger partial charge on any atom is -0.489 e. The molecule has 5 heterocycles. The van der Waals surface area contributed by atoms with Crippen LogP contribution in [0.2, 0.25) is 5.02 Å². The number of nitrogens with zero attached hydrogens (tertiary/aromatic N) is 8. The van der Waals surface area contributed by atoms with Gasteiger partial charge in [-0.05, 0) is 92.5 Å². The summed E-state index contributed by atoms with van der Waals surface area (Å²) >= 11 is 6.79. The summed E-state index contributed by atoms with van der Waals surface area (Å²) in [5.41, 5.74) is 6.07. The van der Waals surface area contributed by atoms with Crippen molar-refractivity contribution in [3.63, 3.8) is 0 Å². The SMILES string of the molecule is C=C(COc1cccc(NC(=O)NCc2ccc(C)c(CN(C=O)C3CCC(=O)NC3=O)c2)c1)C(=O)N1CCN(c2nc(OCC3CCCN3C)nc3c2CCN(c2cccc4cccc(Cl)c24)C3)CC1CC#N. The van der Waals surface area contributed by atoms with E-state index in [1.165, 1.54) is 4.90 Å². The van der Waals surface area contributed by atoms with E-state index in [0.717, 1.165) is 69.6 Å². The number of hydrogen-bond acceptors (Lipinski definition) is 13. The number of aryl methyl sites for hydroxylation is 1. The lowest BCUT2D eigenvalue weighted by Crippen LogP contribution is -2.56. The number of likely N-dealkylation sites (tertiary alicyclic amines) is 1. The van der Waals surface area contributed by atoms with Gasteiger partial charge in [-0.15, -0.1) is 0 Å². The van der Waals surface area contributed by atoms with Gasteiger partial charge in [-0.1, -0.05) is 66.7 Å². The molecular formula is C55H60ClN11O7. The number of nitrogens with one attached hydrogen (secondary N) is 3. The highest BCUT2D eigenvalue weighted by molar-refractivity contribution is 6.36. The molecule has 0 spiro atoms. The molecular weight excluding hydrogens is 962 g/mol. The van der Waals surface area contributed by atoms with Crippen LogP contribution in [-0.2, 0) is 45.2 Å². The molecule has 4 aliphatic heterocycles. The van der Waals surface area contributed by atoms with E-state index >= 15 is 0 Å². The second-order valence-electron chi connectivity index (χ2n) is 19.3. The van der Waals surface area contributed by atoms with Crippen molar-refractivity contribution in [2.24, 2.45) is 0 Å². The molecule has 384 valence electrons. The summed E-state index contributed by atoms with van der Waals surface area (Å²) in [5, 5.41) is 20.8. The molecule has 3 unspecified atom stereocenters. The number of halogens is 1. The number of benzene rings is 4. The molecule has 19 heteroatoms. The van der Waals surface area contributed by atoms with E-state index < -0.39 is 24.0 Å². The van der Waals surface area contributed by atoms with Crippen LogP contribution < -0.4 is 35.2 Å². The normalized spacial score (nSPS) is 18.8. The van der Waals surface area contributed by atoms with Gasteiger partial charge in [0.1, 0.15) is 30.8 Å². The third-order valence-electron chi connectivity index (χ3n) is 14.4. The number of rotatable bonds is 17. The number of amides is 6. The second-order valence-corrected chi connectivity index (χ2v) is 19.7. The van der Waals surface area contributed by atoms with E-state index in [4.69, 9.17) is 31.0 Å². The molecule has 0 saturated carbocycles. The Morgan fingerprint density at radius 3 is 2.58 bits per heavy atom. The van der Waals surface area contributed by atoms with Gasteiger partial charge >= 0.3 is 12.0 Å². The number of hydrogen-bond donors (Lipinski definition) is 3. The number of likely N-dealkylation sites (N-methyl/N-ethyl adjacent to an activating group) is 1. The standard InChI is InChI=1S/C55H60ClN11O7/c1-35-15-16-37(26-39(35)29-66(34-68)48-17-18-49(69)61-52(48)70)28-58-54(72)59-40-10-6-12-43(27-40)73-32-36(2)53(71)67-25-24-65(30-41(67)19-21-57)51-44-20-23-64(47-14-5-9-38-8-4-13-45(56)50(38)47)31-46(44)60-55(62-51)74-33-42-11-7-22-63(42)3/h4-6,8-10,12-16,26-27,34,41-42,48H,2,7,11,17-20,22-25,28-33H2,1,3H3,(H2,58,59,72)(H,61,69,70). The highest BCUT2D eigenvalue weighted by Gasteiger charge is 2.36. The van der Waals surface area contributed by atoms with Crippen molar-refractivity contribution in [2.45, 2.75) is 83.2 Å². The average molecular weight is 1020 g/mol. The van der Waals surface area contributed by atoms with Crippen LogP contribution in [0.1, 0.15) is 60.1 Å². The predicted octanol–water partition coefficient (Wildman–Crippen LogP) is 6.28. The zero-order valence-electron chi connectivity index (χ0n) is 41.6. The van der Waals surface area contributed by atoms with Crippen molar-refractivity contribution in [1.29, 1.82) is 5.26 Å². The third kappa shape index (κ3) is 11.7. The summed E-state index contributed by atoms with van der Waals surface area (Å²) in [5.74, 6) is -0.00272. The molecule has 0 bridgehead atoms. The highest BCUT2D eigenvalue weighted by Crippen LogP contribution is 2.38. The summed E-state index contributed by atoms with van der Waals surface area (Å²) < 4.78 is 12.4. The van der Waals surface area contributed by atoms with Gasteiger partial charge in [0, 0.05) is 85.7 Å². The first-order valence-corrected chi connectivity index (χ1v) is 25.4. The highest BCUT2D eigenvalue weighted by atomic mass is 35.5. The quantitative estimate of drug-likeness (QED) is 0.0534. The minimum atomic E-state index is -0.747. The van der Waals surface area contributed by atoms with E-state index in [0.29, 0.717) is 74.6 Å². The number of piperazine rings is 1. The van der Waals surface area contributed by atoms with E-state index in [-0.39, 0.29) is 62.4 Å². The fraction of sp³-hybridized carbons (Fsp3) is 0.382. The Morgan fingerprint density at radius 1 is 0.973 bits per heavy atom. The van der Waals surface area contributed by atoms with E-state index in [2.05, 4.69) is 68.5 Å². The summed E-state index contributed by atoms with van der Waals surface area (Å²) in [4.78, 5) is 83.2. The van der Waals surface area contributed by atoms with Crippen LogP contribution in [0.5, 0.6) is 11.8 Å². The van der Waals surface area contributed by atoms with Crippen LogP contribution in [0.3, 0.4) is 0 Å². The Bertz CT molecular complexity index is 3010. The molecule has 18 nitrogen and oxygen atoms in total. The van der Waals surface area contributed by atoms with Gasteiger partial charge in [0.25, 0.3) is 5.91 Å². The van der Waals surface area contributed by atoms with Gasteiger partial charge < -0.3 is 44.6 Å². The summed E-state index contributed by atoms with van der Waals surface area (Å²) in [7, 11) is 2.11. The Labute approximate surface area is 435 Å². The molecule has 0 radical (unpaired) electrons. The lowest BCUT2D eigenvalue weighted by molar-refractivity contribution is -0.141. The van der Waals surface area contributed by atoms with Crippen LogP contribution in [0.4, 0.5) is 22.0 Å². The van der Waals surface area contributed by atoms with Crippen molar-refractivity contribution < 1.29 is 33.4 Å². The number of aromatic nitrogens is 2. The van der Waals surface area contributed by atoms with Crippen LogP contribution in [0.15, 0.2) is 91.0 Å². The largest absolute Gasteiger partial charge is 0.489 e. The Morgan fingerprint density at radius 2 is 1.80 bits per heavy atom. The van der Waals surface area contributed by atoms with Crippen molar-refractivity contribution in [1.82, 2.24) is 35.3 Å². The molecule has 3 fully saturated rings. The fourth-order valence-electron chi connectivity index (χ4n) is 10.3. The molecule has 4 aromatic carbocycles. The van der Waals surface area contributed by atoms with Crippen LogP contribution in [-0.4, -0.2) is 126 Å². The third-order valence-corrected chi connectivity index (χ3v) is 14.7. The number of nitriles is 1. The maximum absolute atomic E-state index is 14.1. The van der Waals surface area contributed by atoms with Crippen molar-refractivity contribution >= 4 is 69.7 Å². The predicted molar refractivity (Wildman–Crippen MR) is 281 cm³/mol. The monoisotopic (exact) mass is 1020 g/mol. The topological polar surface area (TPSA) is 206 Å². The van der Waals surface area contributed by atoms with E-state index in [9.17, 15) is 29.2 Å². The van der Waals surface area contributed by atoms with E-state index in [1.54, 1.807) is 29.2 Å². The maximum Gasteiger partial charge on any atom is 0.319 e. The first kappa shape index (κ1) is 51.2. The number of anilines is 3. The Balaban J connectivity index is 0.816. The first-order chi connectivity index (χ1) is 35.8. The smallest absolute Gasteiger partial charge is 0.319 e. The lowest BCUT2D eigenvalue weighted by atomic mass is 10.0.